The van der Waals surface area contributed by atoms with Gasteiger partial charge in [0.1, 0.15) is 0 Å². The van der Waals surface area contributed by atoms with E-state index in [1.54, 1.807) is 0 Å². The molecule has 0 aliphatic carbocycles. The van der Waals surface area contributed by atoms with Crippen LogP contribution in [0.5, 0.6) is 0 Å². The van der Waals surface area contributed by atoms with E-state index in [9.17, 15) is 0 Å². The number of para-hydroxylation sites is 2. The number of hydrogen-bond acceptors (Lipinski definition) is 0. The summed E-state index contributed by atoms with van der Waals surface area (Å²) in [6.07, 6.45) is 4.16. The van der Waals surface area contributed by atoms with Gasteiger partial charge < -0.3 is 9.13 Å². The van der Waals surface area contributed by atoms with Crippen LogP contribution in [-0.2, 0) is 0 Å². The minimum absolute atomic E-state index is 1.11. The van der Waals surface area contributed by atoms with Crippen molar-refractivity contribution >= 4 is 55.3 Å². The molecule has 0 atom stereocenters. The van der Waals surface area contributed by atoms with Crippen LogP contribution in [0, 0.1) is 6.92 Å². The van der Waals surface area contributed by atoms with Crippen molar-refractivity contribution in [2.45, 2.75) is 6.92 Å². The van der Waals surface area contributed by atoms with Crippen LogP contribution in [0.1, 0.15) is 16.7 Å². The van der Waals surface area contributed by atoms with Crippen LogP contribution >= 0.6 is 0 Å². The largest absolute Gasteiger partial charge is 0.307 e. The molecule has 10 aromatic rings. The molecule has 2 heteroatoms. The monoisotopic (exact) mass is 702 g/mol. The zero-order valence-corrected chi connectivity index (χ0v) is 30.7. The van der Waals surface area contributed by atoms with Gasteiger partial charge in [-0.1, -0.05) is 164 Å². The highest BCUT2D eigenvalue weighted by Gasteiger charge is 2.21. The third kappa shape index (κ3) is 5.50. The molecule has 0 bridgehead atoms. The van der Waals surface area contributed by atoms with Gasteiger partial charge in [0.05, 0.1) is 22.1 Å². The number of aryl methyl sites for hydroxylation is 1. The quantitative estimate of drug-likeness (QED) is 0.116. The molecule has 0 N–H and O–H groups in total. The maximum atomic E-state index is 4.12. The Labute approximate surface area is 321 Å². The molecule has 0 fully saturated rings. The van der Waals surface area contributed by atoms with Gasteiger partial charge in [-0.2, -0.15) is 0 Å². The smallest absolute Gasteiger partial charge is 0.0788 e. The summed E-state index contributed by atoms with van der Waals surface area (Å²) in [5.41, 5.74) is 16.6. The van der Waals surface area contributed by atoms with E-state index in [0.29, 0.717) is 0 Å². The van der Waals surface area contributed by atoms with Crippen molar-refractivity contribution < 1.29 is 0 Å². The van der Waals surface area contributed by atoms with Crippen molar-refractivity contribution in [1.29, 1.82) is 0 Å². The summed E-state index contributed by atoms with van der Waals surface area (Å²) >= 11 is 0. The van der Waals surface area contributed by atoms with E-state index in [1.165, 1.54) is 77.0 Å². The molecule has 55 heavy (non-hydrogen) atoms. The normalized spacial score (nSPS) is 11.9. The van der Waals surface area contributed by atoms with E-state index < -0.39 is 0 Å². The summed E-state index contributed by atoms with van der Waals surface area (Å²) < 4.78 is 4.92. The molecule has 2 aromatic heterocycles. The fraction of sp³-hybridized carbons (Fsp3) is 0.0189. The SMILES string of the molecule is C=C/C(=C\c1ccccc1C)c1ccc(-c2ccc(-n3c4ccccc4c4ccc5c6ccccc6n(-c6ccc(-c7ccccc7)cc6)c5c43)cc2)cc1. The van der Waals surface area contributed by atoms with Crippen molar-refractivity contribution in [3.8, 4) is 33.6 Å². The van der Waals surface area contributed by atoms with Crippen molar-refractivity contribution in [3.05, 3.63) is 217 Å². The van der Waals surface area contributed by atoms with Crippen LogP contribution in [0.2, 0.25) is 0 Å². The number of rotatable bonds is 7. The Kier molecular flexibility index (Phi) is 7.89. The molecule has 260 valence electrons. The highest BCUT2D eigenvalue weighted by atomic mass is 15.0. The summed E-state index contributed by atoms with van der Waals surface area (Å²) in [6, 6.07) is 68.1. The third-order valence-electron chi connectivity index (χ3n) is 11.1. The molecule has 0 saturated carbocycles. The van der Waals surface area contributed by atoms with Gasteiger partial charge in [-0.05, 0) is 93.9 Å². The zero-order chi connectivity index (χ0) is 36.9. The molecule has 2 heterocycles. The molecule has 0 aliphatic rings. The minimum atomic E-state index is 1.11. The first-order valence-electron chi connectivity index (χ1n) is 18.9. The van der Waals surface area contributed by atoms with Crippen LogP contribution in [0.15, 0.2) is 201 Å². The number of nitrogens with zero attached hydrogens (tertiary/aromatic N) is 2. The second kappa shape index (κ2) is 13.4. The number of allylic oxidation sites excluding steroid dienone is 2. The lowest BCUT2D eigenvalue weighted by Gasteiger charge is -2.14. The predicted octanol–water partition coefficient (Wildman–Crippen LogP) is 14.2. The first-order chi connectivity index (χ1) is 27.2. The molecule has 0 saturated heterocycles. The first kappa shape index (κ1) is 32.5. The maximum absolute atomic E-state index is 4.12. The Morgan fingerprint density at radius 1 is 0.418 bits per heavy atom. The Morgan fingerprint density at radius 2 is 0.855 bits per heavy atom. The Balaban J connectivity index is 1.11. The standard InChI is InChI=1S/C53H38N2/c1-3-37(35-43-16-8-7-13-36(43)2)39-21-23-40(24-22-39)42-27-31-45(32-28-42)55-51-20-12-10-18-47(51)49-34-33-48-46-17-9-11-19-50(46)54(52(48)53(49)55)44-29-25-41(26-30-44)38-14-5-4-6-15-38/h3-35H,1H2,2H3/b37-35+. The molecule has 0 amide bonds. The second-order valence-corrected chi connectivity index (χ2v) is 14.3. The van der Waals surface area contributed by atoms with E-state index in [4.69, 9.17) is 0 Å². The van der Waals surface area contributed by atoms with Gasteiger partial charge in [0.2, 0.25) is 0 Å². The highest BCUT2D eigenvalue weighted by Crippen LogP contribution is 2.42. The third-order valence-corrected chi connectivity index (χ3v) is 11.1. The topological polar surface area (TPSA) is 9.86 Å². The van der Waals surface area contributed by atoms with Crippen LogP contribution in [0.25, 0.3) is 88.9 Å². The molecule has 2 nitrogen and oxygen atoms in total. The minimum Gasteiger partial charge on any atom is -0.307 e. The summed E-state index contributed by atoms with van der Waals surface area (Å²) in [6.45, 7) is 6.26. The van der Waals surface area contributed by atoms with Gasteiger partial charge in [0, 0.05) is 32.9 Å². The molecule has 10 rings (SSSR count). The summed E-state index contributed by atoms with van der Waals surface area (Å²) in [5.74, 6) is 0. The van der Waals surface area contributed by atoms with Crippen molar-refractivity contribution in [2.24, 2.45) is 0 Å². The zero-order valence-electron chi connectivity index (χ0n) is 30.7. The first-order valence-corrected chi connectivity index (χ1v) is 18.9. The lowest BCUT2D eigenvalue weighted by Crippen LogP contribution is -1.99. The molecular formula is C53H38N2. The van der Waals surface area contributed by atoms with Gasteiger partial charge in [-0.15, -0.1) is 0 Å². The number of benzene rings is 8. The fourth-order valence-corrected chi connectivity index (χ4v) is 8.31. The number of aromatic nitrogens is 2. The molecule has 0 unspecified atom stereocenters. The van der Waals surface area contributed by atoms with E-state index in [2.05, 4.69) is 217 Å². The van der Waals surface area contributed by atoms with Crippen LogP contribution < -0.4 is 0 Å². The molecule has 0 spiro atoms. The molecule has 0 aliphatic heterocycles. The van der Waals surface area contributed by atoms with Crippen molar-refractivity contribution in [1.82, 2.24) is 9.13 Å². The molecular weight excluding hydrogens is 665 g/mol. The summed E-state index contributed by atoms with van der Waals surface area (Å²) in [4.78, 5) is 0. The second-order valence-electron chi connectivity index (χ2n) is 14.3. The molecule has 8 aromatic carbocycles. The Morgan fingerprint density at radius 3 is 1.36 bits per heavy atom. The van der Waals surface area contributed by atoms with Crippen LogP contribution in [0.3, 0.4) is 0 Å². The summed E-state index contributed by atoms with van der Waals surface area (Å²) in [5, 5.41) is 4.97. The van der Waals surface area contributed by atoms with Gasteiger partial charge in [0.15, 0.2) is 0 Å². The van der Waals surface area contributed by atoms with Gasteiger partial charge in [-0.25, -0.2) is 0 Å². The maximum Gasteiger partial charge on any atom is 0.0788 e. The van der Waals surface area contributed by atoms with Crippen LogP contribution in [-0.4, -0.2) is 9.13 Å². The molecule has 0 radical (unpaired) electrons. The lowest BCUT2D eigenvalue weighted by atomic mass is 9.97. The number of fused-ring (bicyclic) bond motifs is 7. The van der Waals surface area contributed by atoms with E-state index in [0.717, 1.165) is 22.5 Å². The van der Waals surface area contributed by atoms with E-state index in [-0.39, 0.29) is 0 Å². The summed E-state index contributed by atoms with van der Waals surface area (Å²) in [7, 11) is 0. The van der Waals surface area contributed by atoms with Gasteiger partial charge in [-0.3, -0.25) is 0 Å². The van der Waals surface area contributed by atoms with E-state index in [1.807, 2.05) is 6.08 Å². The van der Waals surface area contributed by atoms with Gasteiger partial charge in [0.25, 0.3) is 0 Å². The van der Waals surface area contributed by atoms with Gasteiger partial charge >= 0.3 is 0 Å². The van der Waals surface area contributed by atoms with Crippen molar-refractivity contribution in [3.63, 3.8) is 0 Å². The van der Waals surface area contributed by atoms with Crippen LogP contribution in [0.4, 0.5) is 0 Å². The fourth-order valence-electron chi connectivity index (χ4n) is 8.31. The Bertz CT molecular complexity index is 3060. The highest BCUT2D eigenvalue weighted by molar-refractivity contribution is 6.23. The lowest BCUT2D eigenvalue weighted by molar-refractivity contribution is 1.15. The average Bonchev–Trinajstić information content (AvgIpc) is 3.77. The van der Waals surface area contributed by atoms with Crippen molar-refractivity contribution in [2.75, 3.05) is 0 Å². The number of hydrogen-bond donors (Lipinski definition) is 0. The average molecular weight is 703 g/mol. The van der Waals surface area contributed by atoms with E-state index >= 15 is 0 Å². The predicted molar refractivity (Wildman–Crippen MR) is 235 cm³/mol. The Hall–Kier alpha value is -7.16.